The number of anilines is 1. The van der Waals surface area contributed by atoms with Crippen molar-refractivity contribution >= 4 is 17.5 Å². The average molecular weight is 306 g/mol. The Bertz CT molecular complexity index is 560. The molecule has 0 aromatic heterocycles. The molecule has 0 radical (unpaired) electrons. The van der Waals surface area contributed by atoms with Gasteiger partial charge < -0.3 is 10.2 Å². The van der Waals surface area contributed by atoms with Crippen LogP contribution in [0.4, 0.5) is 10.1 Å². The largest absolute Gasteiger partial charge is 0.354 e. The van der Waals surface area contributed by atoms with Crippen molar-refractivity contribution in [2.24, 2.45) is 0 Å². The van der Waals surface area contributed by atoms with Gasteiger partial charge in [0.2, 0.25) is 11.8 Å². The number of amides is 2. The topological polar surface area (TPSA) is 49.4 Å². The highest BCUT2D eigenvalue weighted by Gasteiger charge is 2.24. The number of hydrogen-bond donors (Lipinski definition) is 1. The molecule has 1 atom stereocenters. The van der Waals surface area contributed by atoms with Crippen molar-refractivity contribution in [3.8, 4) is 0 Å². The van der Waals surface area contributed by atoms with Gasteiger partial charge >= 0.3 is 0 Å². The van der Waals surface area contributed by atoms with E-state index in [-0.39, 0.29) is 30.1 Å². The molecular weight excluding hydrogens is 283 g/mol. The monoisotopic (exact) mass is 306 g/mol. The second-order valence-electron chi connectivity index (χ2n) is 5.83. The zero-order chi connectivity index (χ0) is 16.1. The van der Waals surface area contributed by atoms with Crippen LogP contribution in [0, 0.1) is 5.82 Å². The van der Waals surface area contributed by atoms with Gasteiger partial charge in [-0.2, -0.15) is 0 Å². The number of carbonyl (C=O) groups is 2. The van der Waals surface area contributed by atoms with Gasteiger partial charge in [-0.1, -0.05) is 13.3 Å². The van der Waals surface area contributed by atoms with E-state index in [2.05, 4.69) is 12.2 Å². The van der Waals surface area contributed by atoms with Crippen LogP contribution in [0.3, 0.4) is 0 Å². The van der Waals surface area contributed by atoms with E-state index in [1.807, 2.05) is 6.92 Å². The van der Waals surface area contributed by atoms with E-state index in [9.17, 15) is 14.0 Å². The minimum Gasteiger partial charge on any atom is -0.354 e. The van der Waals surface area contributed by atoms with Crippen molar-refractivity contribution in [2.45, 2.75) is 52.0 Å². The SMILES string of the molecule is CCC[C@H](C)NC(=O)CCN1C(=O)CCc2cc(F)ccc21. The van der Waals surface area contributed by atoms with Crippen LogP contribution in [0.15, 0.2) is 18.2 Å². The third-order valence-electron chi connectivity index (χ3n) is 3.93. The Morgan fingerprint density at radius 1 is 1.41 bits per heavy atom. The minimum absolute atomic E-state index is 0.00600. The second-order valence-corrected chi connectivity index (χ2v) is 5.83. The highest BCUT2D eigenvalue weighted by Crippen LogP contribution is 2.28. The summed E-state index contributed by atoms with van der Waals surface area (Å²) in [5.41, 5.74) is 1.56. The first-order chi connectivity index (χ1) is 10.5. The maximum atomic E-state index is 13.3. The third-order valence-corrected chi connectivity index (χ3v) is 3.93. The summed E-state index contributed by atoms with van der Waals surface area (Å²) in [6, 6.07) is 4.60. The Labute approximate surface area is 130 Å². The van der Waals surface area contributed by atoms with Gasteiger partial charge in [-0.05, 0) is 43.5 Å². The van der Waals surface area contributed by atoms with E-state index in [0.717, 1.165) is 24.1 Å². The van der Waals surface area contributed by atoms with E-state index >= 15 is 0 Å². The number of benzene rings is 1. The first-order valence-corrected chi connectivity index (χ1v) is 7.89. The van der Waals surface area contributed by atoms with Crippen molar-refractivity contribution < 1.29 is 14.0 Å². The first-order valence-electron chi connectivity index (χ1n) is 7.89. The number of hydrogen-bond acceptors (Lipinski definition) is 2. The summed E-state index contributed by atoms with van der Waals surface area (Å²) in [5.74, 6) is -0.351. The van der Waals surface area contributed by atoms with Crippen LogP contribution in [0.2, 0.25) is 0 Å². The molecule has 2 amide bonds. The van der Waals surface area contributed by atoms with Crippen LogP contribution in [0.5, 0.6) is 0 Å². The lowest BCUT2D eigenvalue weighted by Crippen LogP contribution is -2.39. The fraction of sp³-hybridized carbons (Fsp3) is 0.529. The molecule has 0 saturated carbocycles. The van der Waals surface area contributed by atoms with Gasteiger partial charge in [0.1, 0.15) is 5.82 Å². The summed E-state index contributed by atoms with van der Waals surface area (Å²) in [5, 5.41) is 2.93. The highest BCUT2D eigenvalue weighted by atomic mass is 19.1. The fourth-order valence-electron chi connectivity index (χ4n) is 2.84. The predicted molar refractivity (Wildman–Crippen MR) is 84.2 cm³/mol. The number of carbonyl (C=O) groups excluding carboxylic acids is 2. The third kappa shape index (κ3) is 4.06. The van der Waals surface area contributed by atoms with Crippen LogP contribution in [0.25, 0.3) is 0 Å². The Morgan fingerprint density at radius 3 is 2.91 bits per heavy atom. The molecule has 1 heterocycles. The standard InChI is InChI=1S/C17H23FN2O2/c1-3-4-12(2)19-16(21)9-10-20-15-7-6-14(18)11-13(15)5-8-17(20)22/h6-7,11-12H,3-5,8-10H2,1-2H3,(H,19,21)/t12-/m0/s1. The summed E-state index contributed by atoms with van der Waals surface area (Å²) < 4.78 is 13.3. The summed E-state index contributed by atoms with van der Waals surface area (Å²) in [7, 11) is 0. The zero-order valence-corrected chi connectivity index (χ0v) is 13.2. The average Bonchev–Trinajstić information content (AvgIpc) is 2.46. The predicted octanol–water partition coefficient (Wildman–Crippen LogP) is 2.80. The van der Waals surface area contributed by atoms with Crippen molar-refractivity contribution in [1.82, 2.24) is 5.32 Å². The maximum absolute atomic E-state index is 13.3. The molecule has 1 aromatic rings. The number of halogens is 1. The molecule has 0 unspecified atom stereocenters. The first kappa shape index (κ1) is 16.5. The Balaban J connectivity index is 1.98. The molecule has 1 aliphatic heterocycles. The smallest absolute Gasteiger partial charge is 0.227 e. The van der Waals surface area contributed by atoms with Gasteiger partial charge in [0.15, 0.2) is 0 Å². The van der Waals surface area contributed by atoms with Crippen LogP contribution in [-0.2, 0) is 16.0 Å². The molecule has 1 aliphatic rings. The molecule has 0 spiro atoms. The van der Waals surface area contributed by atoms with Crippen molar-refractivity contribution in [3.63, 3.8) is 0 Å². The lowest BCUT2D eigenvalue weighted by molar-refractivity contribution is -0.121. The molecule has 0 bridgehead atoms. The van der Waals surface area contributed by atoms with Gasteiger partial charge in [-0.3, -0.25) is 9.59 Å². The quantitative estimate of drug-likeness (QED) is 0.878. The number of nitrogens with one attached hydrogen (secondary N) is 1. The lowest BCUT2D eigenvalue weighted by atomic mass is 10.0. The van der Waals surface area contributed by atoms with Gasteiger partial charge in [0.25, 0.3) is 0 Å². The normalized spacial score (nSPS) is 15.4. The van der Waals surface area contributed by atoms with Crippen molar-refractivity contribution in [1.29, 1.82) is 0 Å². The van der Waals surface area contributed by atoms with E-state index in [1.54, 1.807) is 11.0 Å². The number of rotatable bonds is 6. The van der Waals surface area contributed by atoms with Gasteiger partial charge in [0, 0.05) is 31.1 Å². The molecule has 0 saturated heterocycles. The molecule has 4 nitrogen and oxygen atoms in total. The molecule has 5 heteroatoms. The van der Waals surface area contributed by atoms with Crippen LogP contribution in [-0.4, -0.2) is 24.4 Å². The second kappa shape index (κ2) is 7.38. The lowest BCUT2D eigenvalue weighted by Gasteiger charge is -2.29. The molecule has 0 aliphatic carbocycles. The molecule has 2 rings (SSSR count). The van der Waals surface area contributed by atoms with E-state index in [0.29, 0.717) is 19.4 Å². The maximum Gasteiger partial charge on any atom is 0.227 e. The summed E-state index contributed by atoms with van der Waals surface area (Å²) in [6.07, 6.45) is 3.14. The molecular formula is C17H23FN2O2. The van der Waals surface area contributed by atoms with Gasteiger partial charge in [-0.25, -0.2) is 4.39 Å². The Hall–Kier alpha value is -1.91. The van der Waals surface area contributed by atoms with Crippen LogP contribution >= 0.6 is 0 Å². The fourth-order valence-corrected chi connectivity index (χ4v) is 2.84. The van der Waals surface area contributed by atoms with Crippen LogP contribution < -0.4 is 10.2 Å². The molecule has 0 fully saturated rings. The van der Waals surface area contributed by atoms with Crippen LogP contribution in [0.1, 0.15) is 45.1 Å². The number of aryl methyl sites for hydroxylation is 1. The van der Waals surface area contributed by atoms with E-state index < -0.39 is 0 Å². The molecule has 1 N–H and O–H groups in total. The summed E-state index contributed by atoms with van der Waals surface area (Å²) in [4.78, 5) is 25.6. The van der Waals surface area contributed by atoms with Crippen molar-refractivity contribution in [2.75, 3.05) is 11.4 Å². The Morgan fingerprint density at radius 2 is 2.18 bits per heavy atom. The highest BCUT2D eigenvalue weighted by molar-refractivity contribution is 5.97. The summed E-state index contributed by atoms with van der Waals surface area (Å²) in [6.45, 7) is 4.39. The molecule has 22 heavy (non-hydrogen) atoms. The zero-order valence-electron chi connectivity index (χ0n) is 13.2. The molecule has 1 aromatic carbocycles. The van der Waals surface area contributed by atoms with Crippen molar-refractivity contribution in [3.05, 3.63) is 29.6 Å². The number of nitrogens with zero attached hydrogens (tertiary/aromatic N) is 1. The summed E-state index contributed by atoms with van der Waals surface area (Å²) >= 11 is 0. The molecule has 120 valence electrons. The van der Waals surface area contributed by atoms with E-state index in [4.69, 9.17) is 0 Å². The minimum atomic E-state index is -0.292. The van der Waals surface area contributed by atoms with E-state index in [1.165, 1.54) is 12.1 Å². The van der Waals surface area contributed by atoms with Gasteiger partial charge in [0.05, 0.1) is 0 Å². The van der Waals surface area contributed by atoms with Gasteiger partial charge in [-0.15, -0.1) is 0 Å². The number of fused-ring (bicyclic) bond motifs is 1. The Kier molecular flexibility index (Phi) is 5.52.